The Morgan fingerprint density at radius 2 is 2.38 bits per heavy atom. The fourth-order valence-corrected chi connectivity index (χ4v) is 2.60. The van der Waals surface area contributed by atoms with Crippen molar-refractivity contribution in [1.82, 2.24) is 4.90 Å². The lowest BCUT2D eigenvalue weighted by Gasteiger charge is -2.34. The third kappa shape index (κ3) is 4.81. The standard InChI is InChI=1S/C16H25N3O2/c1-2-15-12-21-9-8-19(15)7-6-16(20)18-14-5-3-4-13(10-14)11-17/h3-5,10,15H,2,6-9,11-12,17H2,1H3,(H,18,20). The highest BCUT2D eigenvalue weighted by Crippen LogP contribution is 2.13. The second kappa shape index (κ2) is 8.12. The third-order valence-electron chi connectivity index (χ3n) is 3.89. The molecule has 1 fully saturated rings. The van der Waals surface area contributed by atoms with Crippen molar-refractivity contribution in [2.75, 3.05) is 31.6 Å². The first-order chi connectivity index (χ1) is 10.2. The van der Waals surface area contributed by atoms with E-state index in [-0.39, 0.29) is 5.91 Å². The van der Waals surface area contributed by atoms with Crippen LogP contribution in [-0.2, 0) is 16.1 Å². The first-order valence-electron chi connectivity index (χ1n) is 7.63. The van der Waals surface area contributed by atoms with E-state index < -0.39 is 0 Å². The molecule has 0 radical (unpaired) electrons. The molecule has 1 heterocycles. The molecule has 0 aromatic heterocycles. The Bertz CT molecular complexity index is 465. The number of amides is 1. The second-order valence-corrected chi connectivity index (χ2v) is 5.38. The van der Waals surface area contributed by atoms with Crippen molar-refractivity contribution in [2.45, 2.75) is 32.4 Å². The van der Waals surface area contributed by atoms with Crippen molar-refractivity contribution in [2.24, 2.45) is 5.73 Å². The molecule has 1 aromatic rings. The van der Waals surface area contributed by atoms with Crippen LogP contribution in [0.1, 0.15) is 25.3 Å². The second-order valence-electron chi connectivity index (χ2n) is 5.38. The van der Waals surface area contributed by atoms with Gasteiger partial charge in [0.15, 0.2) is 0 Å². The summed E-state index contributed by atoms with van der Waals surface area (Å²) >= 11 is 0. The van der Waals surface area contributed by atoms with Gasteiger partial charge in [0.25, 0.3) is 0 Å². The smallest absolute Gasteiger partial charge is 0.225 e. The average molecular weight is 291 g/mol. The molecule has 1 aliphatic heterocycles. The highest BCUT2D eigenvalue weighted by Gasteiger charge is 2.21. The van der Waals surface area contributed by atoms with Gasteiger partial charge >= 0.3 is 0 Å². The molecule has 5 nitrogen and oxygen atoms in total. The van der Waals surface area contributed by atoms with Crippen LogP contribution in [0.3, 0.4) is 0 Å². The Morgan fingerprint density at radius 1 is 1.52 bits per heavy atom. The van der Waals surface area contributed by atoms with Crippen LogP contribution in [-0.4, -0.2) is 43.2 Å². The number of hydrogen-bond donors (Lipinski definition) is 2. The van der Waals surface area contributed by atoms with E-state index in [0.717, 1.165) is 44.0 Å². The van der Waals surface area contributed by atoms with Gasteiger partial charge in [-0.1, -0.05) is 19.1 Å². The summed E-state index contributed by atoms with van der Waals surface area (Å²) < 4.78 is 5.48. The molecular formula is C16H25N3O2. The molecule has 5 heteroatoms. The minimum Gasteiger partial charge on any atom is -0.378 e. The van der Waals surface area contributed by atoms with E-state index in [4.69, 9.17) is 10.5 Å². The van der Waals surface area contributed by atoms with E-state index in [0.29, 0.717) is 19.0 Å². The van der Waals surface area contributed by atoms with Gasteiger partial charge in [-0.25, -0.2) is 0 Å². The summed E-state index contributed by atoms with van der Waals surface area (Å²) in [6.45, 7) is 5.87. The minimum absolute atomic E-state index is 0.0468. The quantitative estimate of drug-likeness (QED) is 0.835. The van der Waals surface area contributed by atoms with E-state index in [1.54, 1.807) is 0 Å². The molecule has 2 rings (SSSR count). The summed E-state index contributed by atoms with van der Waals surface area (Å²) in [4.78, 5) is 14.4. The van der Waals surface area contributed by atoms with E-state index in [1.807, 2.05) is 24.3 Å². The van der Waals surface area contributed by atoms with Crippen molar-refractivity contribution in [1.29, 1.82) is 0 Å². The van der Waals surface area contributed by atoms with Crippen LogP contribution in [0.4, 0.5) is 5.69 Å². The summed E-state index contributed by atoms with van der Waals surface area (Å²) in [5.41, 5.74) is 7.44. The number of anilines is 1. The van der Waals surface area contributed by atoms with Gasteiger partial charge < -0.3 is 15.8 Å². The van der Waals surface area contributed by atoms with Crippen molar-refractivity contribution in [3.63, 3.8) is 0 Å². The van der Waals surface area contributed by atoms with Crippen molar-refractivity contribution >= 4 is 11.6 Å². The topological polar surface area (TPSA) is 67.6 Å². The van der Waals surface area contributed by atoms with Crippen molar-refractivity contribution in [3.05, 3.63) is 29.8 Å². The number of hydrogen-bond acceptors (Lipinski definition) is 4. The number of carbonyl (C=O) groups is 1. The Kier molecular flexibility index (Phi) is 6.17. The summed E-state index contributed by atoms with van der Waals surface area (Å²) in [7, 11) is 0. The molecular weight excluding hydrogens is 266 g/mol. The number of nitrogens with zero attached hydrogens (tertiary/aromatic N) is 1. The lowest BCUT2D eigenvalue weighted by atomic mass is 10.1. The number of ether oxygens (including phenoxy) is 1. The summed E-state index contributed by atoms with van der Waals surface area (Å²) in [6.07, 6.45) is 1.56. The number of nitrogens with two attached hydrogens (primary N) is 1. The fourth-order valence-electron chi connectivity index (χ4n) is 2.60. The molecule has 21 heavy (non-hydrogen) atoms. The lowest BCUT2D eigenvalue weighted by Crippen LogP contribution is -2.46. The Labute approximate surface area is 126 Å². The molecule has 1 unspecified atom stereocenters. The zero-order chi connectivity index (χ0) is 15.1. The van der Waals surface area contributed by atoms with Crippen LogP contribution < -0.4 is 11.1 Å². The minimum atomic E-state index is 0.0468. The van der Waals surface area contributed by atoms with Gasteiger partial charge in [-0.15, -0.1) is 0 Å². The van der Waals surface area contributed by atoms with Crippen LogP contribution in [0, 0.1) is 0 Å². The predicted octanol–water partition coefficient (Wildman–Crippen LogP) is 1.58. The summed E-state index contributed by atoms with van der Waals surface area (Å²) in [5, 5.41) is 2.94. The van der Waals surface area contributed by atoms with E-state index >= 15 is 0 Å². The van der Waals surface area contributed by atoms with Gasteiger partial charge in [0.1, 0.15) is 0 Å². The van der Waals surface area contributed by atoms with Gasteiger partial charge in [-0.3, -0.25) is 9.69 Å². The van der Waals surface area contributed by atoms with Gasteiger partial charge in [-0.2, -0.15) is 0 Å². The van der Waals surface area contributed by atoms with Gasteiger partial charge in [0.05, 0.1) is 13.2 Å². The van der Waals surface area contributed by atoms with Gasteiger partial charge in [0.2, 0.25) is 5.91 Å². The number of benzene rings is 1. The number of carbonyl (C=O) groups excluding carboxylic acids is 1. The fraction of sp³-hybridized carbons (Fsp3) is 0.562. The molecule has 0 bridgehead atoms. The molecule has 1 aromatic carbocycles. The number of morpholine rings is 1. The maximum Gasteiger partial charge on any atom is 0.225 e. The monoisotopic (exact) mass is 291 g/mol. The van der Waals surface area contributed by atoms with Crippen LogP contribution in [0.2, 0.25) is 0 Å². The van der Waals surface area contributed by atoms with Crippen LogP contribution in [0.25, 0.3) is 0 Å². The molecule has 0 spiro atoms. The first kappa shape index (κ1) is 15.9. The van der Waals surface area contributed by atoms with Crippen molar-refractivity contribution in [3.8, 4) is 0 Å². The Morgan fingerprint density at radius 3 is 3.14 bits per heavy atom. The Balaban J connectivity index is 1.81. The van der Waals surface area contributed by atoms with Gasteiger partial charge in [-0.05, 0) is 24.1 Å². The maximum absolute atomic E-state index is 12.0. The third-order valence-corrected chi connectivity index (χ3v) is 3.89. The lowest BCUT2D eigenvalue weighted by molar-refractivity contribution is -0.117. The molecule has 3 N–H and O–H groups in total. The van der Waals surface area contributed by atoms with Gasteiger partial charge in [0, 0.05) is 37.8 Å². The van der Waals surface area contributed by atoms with Crippen LogP contribution in [0.15, 0.2) is 24.3 Å². The number of nitrogens with one attached hydrogen (secondary N) is 1. The zero-order valence-electron chi connectivity index (χ0n) is 12.7. The van der Waals surface area contributed by atoms with E-state index in [1.165, 1.54) is 0 Å². The molecule has 1 amide bonds. The van der Waals surface area contributed by atoms with E-state index in [9.17, 15) is 4.79 Å². The van der Waals surface area contributed by atoms with Crippen molar-refractivity contribution < 1.29 is 9.53 Å². The first-order valence-corrected chi connectivity index (χ1v) is 7.63. The molecule has 0 aliphatic carbocycles. The number of rotatable bonds is 6. The average Bonchev–Trinajstić information content (AvgIpc) is 2.53. The zero-order valence-corrected chi connectivity index (χ0v) is 12.7. The molecule has 0 saturated carbocycles. The van der Waals surface area contributed by atoms with Crippen LogP contribution >= 0.6 is 0 Å². The molecule has 1 aliphatic rings. The highest BCUT2D eigenvalue weighted by atomic mass is 16.5. The van der Waals surface area contributed by atoms with E-state index in [2.05, 4.69) is 17.1 Å². The highest BCUT2D eigenvalue weighted by molar-refractivity contribution is 5.90. The summed E-state index contributed by atoms with van der Waals surface area (Å²) in [5.74, 6) is 0.0468. The normalized spacial score (nSPS) is 19.4. The Hall–Kier alpha value is -1.43. The maximum atomic E-state index is 12.0. The largest absolute Gasteiger partial charge is 0.378 e. The molecule has 1 atom stereocenters. The summed E-state index contributed by atoms with van der Waals surface area (Å²) in [6, 6.07) is 8.11. The van der Waals surface area contributed by atoms with Crippen LogP contribution in [0.5, 0.6) is 0 Å². The predicted molar refractivity (Wildman–Crippen MR) is 84.1 cm³/mol. The molecule has 116 valence electrons. The SMILES string of the molecule is CCC1COCCN1CCC(=O)Nc1cccc(CN)c1. The molecule has 1 saturated heterocycles.